The van der Waals surface area contributed by atoms with Crippen LogP contribution in [-0.4, -0.2) is 16.8 Å². The number of anilines is 1. The van der Waals surface area contributed by atoms with Crippen LogP contribution in [0.5, 0.6) is 0 Å². The summed E-state index contributed by atoms with van der Waals surface area (Å²) < 4.78 is 0. The number of imide groups is 1. The number of hydrogen-bond acceptors (Lipinski definition) is 4. The Balaban J connectivity index is 2.26. The average molecular weight is 238 g/mol. The van der Waals surface area contributed by atoms with Crippen molar-refractivity contribution in [2.24, 2.45) is 5.41 Å². The minimum absolute atomic E-state index is 0.129. The van der Waals surface area contributed by atoms with Gasteiger partial charge in [0.1, 0.15) is 0 Å². The lowest BCUT2D eigenvalue weighted by atomic mass is 9.77. The molecule has 0 aromatic carbocycles. The molecule has 0 radical (unpaired) electrons. The number of amides is 2. The molecule has 86 valence electrons. The zero-order chi connectivity index (χ0) is 11.8. The highest BCUT2D eigenvalue weighted by molar-refractivity contribution is 7.14. The standard InChI is InChI=1S/C11H14N2O2S/c1-3-11(2)6-8(14)13(9(15)7-11)10-12-4-5-16-10/h4-5H,3,6-7H2,1-2H3. The molecular weight excluding hydrogens is 224 g/mol. The van der Waals surface area contributed by atoms with Gasteiger partial charge in [-0.25, -0.2) is 9.88 Å². The Morgan fingerprint density at radius 2 is 2.06 bits per heavy atom. The van der Waals surface area contributed by atoms with E-state index >= 15 is 0 Å². The van der Waals surface area contributed by atoms with Crippen molar-refractivity contribution < 1.29 is 9.59 Å². The zero-order valence-corrected chi connectivity index (χ0v) is 10.2. The minimum atomic E-state index is -0.179. The highest BCUT2D eigenvalue weighted by atomic mass is 32.1. The van der Waals surface area contributed by atoms with Gasteiger partial charge in [0.2, 0.25) is 11.8 Å². The first-order valence-corrected chi connectivity index (χ1v) is 6.19. The van der Waals surface area contributed by atoms with Gasteiger partial charge in [-0.15, -0.1) is 11.3 Å². The smallest absolute Gasteiger partial charge is 0.236 e. The number of nitrogens with zero attached hydrogens (tertiary/aromatic N) is 2. The lowest BCUT2D eigenvalue weighted by Gasteiger charge is -2.35. The van der Waals surface area contributed by atoms with Crippen LogP contribution in [0.1, 0.15) is 33.1 Å². The van der Waals surface area contributed by atoms with E-state index in [0.717, 1.165) is 6.42 Å². The number of thiazole rings is 1. The van der Waals surface area contributed by atoms with Crippen molar-refractivity contribution in [3.8, 4) is 0 Å². The van der Waals surface area contributed by atoms with E-state index in [0.29, 0.717) is 18.0 Å². The van der Waals surface area contributed by atoms with Crippen molar-refractivity contribution in [1.29, 1.82) is 0 Å². The Hall–Kier alpha value is -1.23. The molecule has 1 aromatic rings. The molecule has 1 aliphatic heterocycles. The predicted molar refractivity (Wildman–Crippen MR) is 62.2 cm³/mol. The third-order valence-corrected chi connectivity index (χ3v) is 3.88. The first-order chi connectivity index (χ1) is 7.56. The molecule has 0 spiro atoms. The molecule has 1 aliphatic rings. The number of carbonyl (C=O) groups is 2. The molecule has 1 fully saturated rings. The van der Waals surface area contributed by atoms with Gasteiger partial charge < -0.3 is 0 Å². The number of piperidine rings is 1. The van der Waals surface area contributed by atoms with E-state index in [4.69, 9.17) is 0 Å². The second-order valence-electron chi connectivity index (χ2n) is 4.46. The first-order valence-electron chi connectivity index (χ1n) is 5.31. The SMILES string of the molecule is CCC1(C)CC(=O)N(c2nccs2)C(=O)C1. The van der Waals surface area contributed by atoms with Crippen LogP contribution in [0.15, 0.2) is 11.6 Å². The van der Waals surface area contributed by atoms with Crippen LogP contribution in [0.3, 0.4) is 0 Å². The lowest BCUT2D eigenvalue weighted by Crippen LogP contribution is -2.47. The Kier molecular flexibility index (Phi) is 2.80. The van der Waals surface area contributed by atoms with Crippen molar-refractivity contribution in [2.75, 3.05) is 4.90 Å². The fraction of sp³-hybridized carbons (Fsp3) is 0.545. The van der Waals surface area contributed by atoms with E-state index in [9.17, 15) is 9.59 Å². The molecule has 0 N–H and O–H groups in total. The number of aromatic nitrogens is 1. The third-order valence-electron chi connectivity index (χ3n) is 3.12. The summed E-state index contributed by atoms with van der Waals surface area (Å²) in [6.07, 6.45) is 3.30. The quantitative estimate of drug-likeness (QED) is 0.742. The predicted octanol–water partition coefficient (Wildman–Crippen LogP) is 2.21. The molecule has 1 saturated heterocycles. The Bertz CT molecular complexity index is 396. The second kappa shape index (κ2) is 3.97. The van der Waals surface area contributed by atoms with Gasteiger partial charge in [-0.1, -0.05) is 13.8 Å². The molecule has 2 heterocycles. The highest BCUT2D eigenvalue weighted by Crippen LogP contribution is 2.37. The summed E-state index contributed by atoms with van der Waals surface area (Å²) in [5, 5.41) is 2.26. The summed E-state index contributed by atoms with van der Waals surface area (Å²) >= 11 is 1.32. The molecule has 4 nitrogen and oxygen atoms in total. The Morgan fingerprint density at radius 1 is 1.44 bits per heavy atom. The van der Waals surface area contributed by atoms with Crippen molar-refractivity contribution >= 4 is 28.3 Å². The van der Waals surface area contributed by atoms with Crippen LogP contribution in [0.2, 0.25) is 0 Å². The first kappa shape index (κ1) is 11.3. The molecule has 0 bridgehead atoms. The summed E-state index contributed by atoms with van der Waals surface area (Å²) in [4.78, 5) is 29.1. The molecule has 1 aromatic heterocycles. The van der Waals surface area contributed by atoms with Gasteiger partial charge in [0.25, 0.3) is 0 Å². The van der Waals surface area contributed by atoms with E-state index in [1.54, 1.807) is 11.6 Å². The number of rotatable bonds is 2. The van der Waals surface area contributed by atoms with Crippen LogP contribution in [-0.2, 0) is 9.59 Å². The van der Waals surface area contributed by atoms with Crippen LogP contribution in [0.4, 0.5) is 5.13 Å². The maximum absolute atomic E-state index is 11.9. The molecule has 0 saturated carbocycles. The molecule has 16 heavy (non-hydrogen) atoms. The molecule has 0 aliphatic carbocycles. The highest BCUT2D eigenvalue weighted by Gasteiger charge is 2.40. The summed E-state index contributed by atoms with van der Waals surface area (Å²) in [5.41, 5.74) is -0.179. The molecule has 2 rings (SSSR count). The molecular formula is C11H14N2O2S. The van der Waals surface area contributed by atoms with Gasteiger partial charge in [0, 0.05) is 24.4 Å². The normalized spacial score (nSPS) is 20.2. The van der Waals surface area contributed by atoms with Crippen molar-refractivity contribution in [3.63, 3.8) is 0 Å². The van der Waals surface area contributed by atoms with Crippen molar-refractivity contribution in [2.45, 2.75) is 33.1 Å². The summed E-state index contributed by atoms with van der Waals surface area (Å²) in [5.74, 6) is -0.258. The topological polar surface area (TPSA) is 50.3 Å². The lowest BCUT2D eigenvalue weighted by molar-refractivity contribution is -0.133. The van der Waals surface area contributed by atoms with Crippen molar-refractivity contribution in [3.05, 3.63) is 11.6 Å². The van der Waals surface area contributed by atoms with E-state index < -0.39 is 0 Å². The van der Waals surface area contributed by atoms with E-state index in [1.807, 2.05) is 13.8 Å². The van der Waals surface area contributed by atoms with Crippen LogP contribution in [0, 0.1) is 5.41 Å². The summed E-state index contributed by atoms with van der Waals surface area (Å²) in [6.45, 7) is 4.00. The van der Waals surface area contributed by atoms with Crippen LogP contribution in [0.25, 0.3) is 0 Å². The average Bonchev–Trinajstić information content (AvgIpc) is 2.69. The Morgan fingerprint density at radius 3 is 2.50 bits per heavy atom. The van der Waals surface area contributed by atoms with E-state index in [-0.39, 0.29) is 17.2 Å². The fourth-order valence-electron chi connectivity index (χ4n) is 1.88. The third kappa shape index (κ3) is 1.87. The summed E-state index contributed by atoms with van der Waals surface area (Å²) in [7, 11) is 0. The molecule has 2 amide bonds. The maximum Gasteiger partial charge on any atom is 0.236 e. The van der Waals surface area contributed by atoms with Crippen LogP contribution < -0.4 is 4.90 Å². The monoisotopic (exact) mass is 238 g/mol. The van der Waals surface area contributed by atoms with Gasteiger partial charge in [-0.3, -0.25) is 9.59 Å². The van der Waals surface area contributed by atoms with Crippen LogP contribution >= 0.6 is 11.3 Å². The molecule has 0 unspecified atom stereocenters. The van der Waals surface area contributed by atoms with Gasteiger partial charge in [0.15, 0.2) is 5.13 Å². The van der Waals surface area contributed by atoms with Gasteiger partial charge in [-0.2, -0.15) is 0 Å². The largest absolute Gasteiger partial charge is 0.274 e. The van der Waals surface area contributed by atoms with Gasteiger partial charge in [0.05, 0.1) is 0 Å². The number of hydrogen-bond donors (Lipinski definition) is 0. The fourth-order valence-corrected chi connectivity index (χ4v) is 2.55. The zero-order valence-electron chi connectivity index (χ0n) is 9.40. The maximum atomic E-state index is 11.9. The van der Waals surface area contributed by atoms with Gasteiger partial charge in [-0.05, 0) is 11.8 Å². The van der Waals surface area contributed by atoms with Crippen molar-refractivity contribution in [1.82, 2.24) is 4.98 Å². The molecule has 0 atom stereocenters. The Labute approximate surface area is 98.3 Å². The number of carbonyl (C=O) groups excluding carboxylic acids is 2. The van der Waals surface area contributed by atoms with Gasteiger partial charge >= 0.3 is 0 Å². The van der Waals surface area contributed by atoms with E-state index in [1.165, 1.54) is 16.2 Å². The molecule has 5 heteroatoms. The van der Waals surface area contributed by atoms with E-state index in [2.05, 4.69) is 4.98 Å². The second-order valence-corrected chi connectivity index (χ2v) is 5.33. The minimum Gasteiger partial charge on any atom is -0.274 e. The summed E-state index contributed by atoms with van der Waals surface area (Å²) in [6, 6.07) is 0.